The van der Waals surface area contributed by atoms with Crippen molar-refractivity contribution in [3.8, 4) is 0 Å². The molecule has 0 aromatic heterocycles. The Balaban J connectivity index is 1.91. The fourth-order valence-electron chi connectivity index (χ4n) is 2.55. The summed E-state index contributed by atoms with van der Waals surface area (Å²) < 4.78 is 0. The van der Waals surface area contributed by atoms with Gasteiger partial charge in [0.05, 0.1) is 6.67 Å². The van der Waals surface area contributed by atoms with Gasteiger partial charge in [-0.05, 0) is 33.4 Å². The average molecular weight is 183 g/mol. The minimum atomic E-state index is 0.681. The molecule has 2 heterocycles. The van der Waals surface area contributed by atoms with Gasteiger partial charge in [-0.1, -0.05) is 0 Å². The topological polar surface area (TPSA) is 18.5 Å². The molecule has 76 valence electrons. The van der Waals surface area contributed by atoms with Crippen LogP contribution in [0.25, 0.3) is 0 Å². The van der Waals surface area contributed by atoms with Crippen LogP contribution in [0.15, 0.2) is 0 Å². The maximum Gasteiger partial charge on any atom is 0.0507 e. The summed E-state index contributed by atoms with van der Waals surface area (Å²) in [6.45, 7) is 7.19. The third kappa shape index (κ3) is 2.03. The molecule has 13 heavy (non-hydrogen) atoms. The number of rotatable bonds is 1. The van der Waals surface area contributed by atoms with Gasteiger partial charge in [-0.3, -0.25) is 9.80 Å². The van der Waals surface area contributed by atoms with Crippen LogP contribution in [0.2, 0.25) is 0 Å². The summed E-state index contributed by atoms with van der Waals surface area (Å²) in [6.07, 6.45) is 2.72. The maximum atomic E-state index is 3.56. The van der Waals surface area contributed by atoms with Crippen molar-refractivity contribution >= 4 is 0 Å². The van der Waals surface area contributed by atoms with Crippen LogP contribution < -0.4 is 5.32 Å². The van der Waals surface area contributed by atoms with Gasteiger partial charge in [-0.2, -0.15) is 0 Å². The summed E-state index contributed by atoms with van der Waals surface area (Å²) in [5.41, 5.74) is 0. The lowest BCUT2D eigenvalue weighted by Gasteiger charge is -2.36. The lowest BCUT2D eigenvalue weighted by Crippen LogP contribution is -2.51. The van der Waals surface area contributed by atoms with Gasteiger partial charge in [-0.25, -0.2) is 0 Å². The van der Waals surface area contributed by atoms with E-state index in [4.69, 9.17) is 0 Å². The largest absolute Gasteiger partial charge is 0.313 e. The predicted octanol–water partition coefficient (Wildman–Crippen LogP) is 0.332. The Morgan fingerprint density at radius 3 is 2.77 bits per heavy atom. The Kier molecular flexibility index (Phi) is 2.86. The van der Waals surface area contributed by atoms with Gasteiger partial charge in [0.15, 0.2) is 0 Å². The van der Waals surface area contributed by atoms with Gasteiger partial charge in [-0.15, -0.1) is 0 Å². The molecule has 0 amide bonds. The molecule has 2 aliphatic rings. The zero-order valence-corrected chi connectivity index (χ0v) is 8.79. The van der Waals surface area contributed by atoms with Crippen molar-refractivity contribution in [2.24, 2.45) is 0 Å². The van der Waals surface area contributed by atoms with E-state index in [2.05, 4.69) is 29.1 Å². The second-order valence-electron chi connectivity index (χ2n) is 4.49. The Labute approximate surface area is 81.1 Å². The highest BCUT2D eigenvalue weighted by molar-refractivity contribution is 4.87. The third-order valence-electron chi connectivity index (χ3n) is 3.38. The van der Waals surface area contributed by atoms with Crippen LogP contribution in [0.3, 0.4) is 0 Å². The van der Waals surface area contributed by atoms with Crippen LogP contribution in [-0.4, -0.2) is 55.2 Å². The standard InChI is InChI=1S/C10H21N3/c1-9-10(4-3-5-11-9)13-7-6-12(2)8-13/h9-11H,3-8H2,1-2H3/t9-,10-/m1/s1. The molecular weight excluding hydrogens is 162 g/mol. The molecule has 2 rings (SSSR count). The quantitative estimate of drug-likeness (QED) is 0.632. The number of hydrogen-bond acceptors (Lipinski definition) is 3. The van der Waals surface area contributed by atoms with Gasteiger partial charge >= 0.3 is 0 Å². The fraction of sp³-hybridized carbons (Fsp3) is 1.00. The molecule has 0 radical (unpaired) electrons. The predicted molar refractivity (Wildman–Crippen MR) is 54.7 cm³/mol. The van der Waals surface area contributed by atoms with Gasteiger partial charge in [0.2, 0.25) is 0 Å². The number of nitrogens with one attached hydrogen (secondary N) is 1. The molecule has 0 saturated carbocycles. The Hall–Kier alpha value is -0.120. The first-order valence-corrected chi connectivity index (χ1v) is 5.43. The van der Waals surface area contributed by atoms with Crippen molar-refractivity contribution in [1.82, 2.24) is 15.1 Å². The van der Waals surface area contributed by atoms with Crippen LogP contribution in [0.5, 0.6) is 0 Å². The highest BCUT2D eigenvalue weighted by Crippen LogP contribution is 2.18. The average Bonchev–Trinajstić information content (AvgIpc) is 2.53. The summed E-state index contributed by atoms with van der Waals surface area (Å²) in [5, 5.41) is 3.56. The lowest BCUT2D eigenvalue weighted by molar-refractivity contribution is 0.143. The molecule has 2 saturated heterocycles. The first kappa shape index (κ1) is 9.44. The van der Waals surface area contributed by atoms with E-state index in [1.165, 1.54) is 32.5 Å². The number of hydrogen-bond donors (Lipinski definition) is 1. The molecule has 2 fully saturated rings. The van der Waals surface area contributed by atoms with Crippen molar-refractivity contribution in [3.05, 3.63) is 0 Å². The first-order valence-electron chi connectivity index (χ1n) is 5.43. The molecule has 0 spiro atoms. The highest BCUT2D eigenvalue weighted by Gasteiger charge is 2.29. The van der Waals surface area contributed by atoms with Crippen molar-refractivity contribution < 1.29 is 0 Å². The molecule has 2 aliphatic heterocycles. The van der Waals surface area contributed by atoms with Crippen LogP contribution >= 0.6 is 0 Å². The lowest BCUT2D eigenvalue weighted by atomic mass is 9.99. The third-order valence-corrected chi connectivity index (χ3v) is 3.38. The van der Waals surface area contributed by atoms with Crippen LogP contribution in [0, 0.1) is 0 Å². The zero-order chi connectivity index (χ0) is 9.26. The molecule has 0 unspecified atom stereocenters. The smallest absolute Gasteiger partial charge is 0.0507 e. The molecule has 0 aromatic rings. The molecular formula is C10H21N3. The molecule has 0 aliphatic carbocycles. The molecule has 1 N–H and O–H groups in total. The Morgan fingerprint density at radius 2 is 2.15 bits per heavy atom. The number of piperidine rings is 1. The number of nitrogens with zero attached hydrogens (tertiary/aromatic N) is 2. The zero-order valence-electron chi connectivity index (χ0n) is 8.79. The SMILES string of the molecule is C[C@H]1NCCC[C@H]1N1CCN(C)C1. The highest BCUT2D eigenvalue weighted by atomic mass is 15.4. The molecule has 0 aromatic carbocycles. The van der Waals surface area contributed by atoms with Crippen LogP contribution in [0.4, 0.5) is 0 Å². The maximum absolute atomic E-state index is 3.56. The van der Waals surface area contributed by atoms with Crippen molar-refractivity contribution in [1.29, 1.82) is 0 Å². The van der Waals surface area contributed by atoms with E-state index < -0.39 is 0 Å². The summed E-state index contributed by atoms with van der Waals surface area (Å²) in [5.74, 6) is 0. The van der Waals surface area contributed by atoms with Crippen LogP contribution in [-0.2, 0) is 0 Å². The summed E-state index contributed by atoms with van der Waals surface area (Å²) in [7, 11) is 2.21. The second kappa shape index (κ2) is 3.95. The Morgan fingerprint density at radius 1 is 1.31 bits per heavy atom. The Bertz CT molecular complexity index is 172. The summed E-state index contributed by atoms with van der Waals surface area (Å²) in [6, 6.07) is 1.46. The van der Waals surface area contributed by atoms with Gasteiger partial charge in [0.1, 0.15) is 0 Å². The molecule has 2 atom stereocenters. The van der Waals surface area contributed by atoms with E-state index in [1.54, 1.807) is 0 Å². The summed E-state index contributed by atoms with van der Waals surface area (Å²) in [4.78, 5) is 5.03. The monoisotopic (exact) mass is 183 g/mol. The van der Waals surface area contributed by atoms with E-state index in [-0.39, 0.29) is 0 Å². The van der Waals surface area contributed by atoms with Crippen molar-refractivity contribution in [2.45, 2.75) is 31.8 Å². The van der Waals surface area contributed by atoms with E-state index in [1.807, 2.05) is 0 Å². The van der Waals surface area contributed by atoms with Gasteiger partial charge in [0.25, 0.3) is 0 Å². The minimum Gasteiger partial charge on any atom is -0.313 e. The van der Waals surface area contributed by atoms with Crippen LogP contribution in [0.1, 0.15) is 19.8 Å². The molecule has 0 bridgehead atoms. The van der Waals surface area contributed by atoms with Gasteiger partial charge < -0.3 is 5.32 Å². The first-order chi connectivity index (χ1) is 6.27. The van der Waals surface area contributed by atoms with Crippen molar-refractivity contribution in [2.75, 3.05) is 33.4 Å². The number of likely N-dealkylation sites (N-methyl/N-ethyl adjacent to an activating group) is 1. The van der Waals surface area contributed by atoms with E-state index >= 15 is 0 Å². The van der Waals surface area contributed by atoms with Crippen molar-refractivity contribution in [3.63, 3.8) is 0 Å². The van der Waals surface area contributed by atoms with E-state index in [9.17, 15) is 0 Å². The molecule has 3 nitrogen and oxygen atoms in total. The van der Waals surface area contributed by atoms with Gasteiger partial charge in [0, 0.05) is 25.2 Å². The van der Waals surface area contributed by atoms with E-state index in [0.717, 1.165) is 12.7 Å². The summed E-state index contributed by atoms with van der Waals surface area (Å²) >= 11 is 0. The minimum absolute atomic E-state index is 0.681. The fourth-order valence-corrected chi connectivity index (χ4v) is 2.55. The molecule has 3 heteroatoms. The second-order valence-corrected chi connectivity index (χ2v) is 4.49. The normalized spacial score (nSPS) is 38.3. The van der Waals surface area contributed by atoms with E-state index in [0.29, 0.717) is 6.04 Å².